The molecule has 0 radical (unpaired) electrons. The molecule has 4 heteroatoms. The van der Waals surface area contributed by atoms with E-state index in [0.717, 1.165) is 17.7 Å². The predicted molar refractivity (Wildman–Crippen MR) is 61.1 cm³/mol. The van der Waals surface area contributed by atoms with Gasteiger partial charge in [-0.15, -0.1) is 0 Å². The van der Waals surface area contributed by atoms with Crippen molar-refractivity contribution >= 4 is 11.7 Å². The zero-order valence-corrected chi connectivity index (χ0v) is 8.94. The molecule has 0 aliphatic carbocycles. The van der Waals surface area contributed by atoms with Crippen molar-refractivity contribution in [2.24, 2.45) is 5.73 Å². The van der Waals surface area contributed by atoms with Gasteiger partial charge in [0.2, 0.25) is 0 Å². The summed E-state index contributed by atoms with van der Waals surface area (Å²) >= 11 is 0. The fourth-order valence-electron chi connectivity index (χ4n) is 1.38. The third-order valence-corrected chi connectivity index (χ3v) is 2.16. The van der Waals surface area contributed by atoms with Gasteiger partial charge in [-0.25, -0.2) is 4.79 Å². The molecule has 0 aliphatic heterocycles. The van der Waals surface area contributed by atoms with Gasteiger partial charge in [0.05, 0.1) is 0 Å². The normalized spacial score (nSPS) is 9.93. The van der Waals surface area contributed by atoms with E-state index >= 15 is 0 Å². The third-order valence-electron chi connectivity index (χ3n) is 2.16. The molecule has 0 aromatic heterocycles. The largest absolute Gasteiger partial charge is 0.399 e. The number of amides is 2. The molecule has 0 saturated carbocycles. The molecule has 1 rings (SSSR count). The maximum absolute atomic E-state index is 11.1. The highest BCUT2D eigenvalue weighted by molar-refractivity contribution is 5.72. The molecule has 0 atom stereocenters. The number of nitrogen functional groups attached to an aromatic ring is 1. The van der Waals surface area contributed by atoms with Gasteiger partial charge in [-0.2, -0.15) is 0 Å². The molecule has 0 unspecified atom stereocenters. The minimum absolute atomic E-state index is 0.381. The molecule has 1 aromatic rings. The number of hydrogen-bond donors (Lipinski definition) is 2. The summed E-state index contributed by atoms with van der Waals surface area (Å²) in [5.74, 6) is 0. The summed E-state index contributed by atoms with van der Waals surface area (Å²) in [5, 5.41) is 0. The van der Waals surface area contributed by atoms with Gasteiger partial charge in [-0.3, -0.25) is 0 Å². The molecule has 4 nitrogen and oxygen atoms in total. The summed E-state index contributed by atoms with van der Waals surface area (Å²) in [7, 11) is 0. The Morgan fingerprint density at radius 2 is 1.93 bits per heavy atom. The van der Waals surface area contributed by atoms with Crippen LogP contribution in [-0.4, -0.2) is 17.5 Å². The topological polar surface area (TPSA) is 72.3 Å². The van der Waals surface area contributed by atoms with Crippen molar-refractivity contribution in [2.45, 2.75) is 19.9 Å². The van der Waals surface area contributed by atoms with Crippen molar-refractivity contribution in [1.29, 1.82) is 0 Å². The average molecular weight is 207 g/mol. The van der Waals surface area contributed by atoms with Crippen LogP contribution >= 0.6 is 0 Å². The van der Waals surface area contributed by atoms with E-state index in [1.807, 2.05) is 31.2 Å². The van der Waals surface area contributed by atoms with Gasteiger partial charge in [0, 0.05) is 18.8 Å². The molecule has 15 heavy (non-hydrogen) atoms. The number of rotatable bonds is 4. The second-order valence-corrected chi connectivity index (χ2v) is 3.50. The molecule has 82 valence electrons. The van der Waals surface area contributed by atoms with Gasteiger partial charge in [-0.1, -0.05) is 19.1 Å². The Morgan fingerprint density at radius 1 is 1.33 bits per heavy atom. The molecule has 0 bridgehead atoms. The summed E-state index contributed by atoms with van der Waals surface area (Å²) in [6, 6.07) is 7.07. The van der Waals surface area contributed by atoms with Crippen molar-refractivity contribution in [3.8, 4) is 0 Å². The molecule has 0 spiro atoms. The maximum atomic E-state index is 11.1. The van der Waals surface area contributed by atoms with E-state index in [2.05, 4.69) is 0 Å². The van der Waals surface area contributed by atoms with Crippen LogP contribution in [0.2, 0.25) is 0 Å². The fraction of sp³-hybridized carbons (Fsp3) is 0.364. The number of hydrogen-bond acceptors (Lipinski definition) is 2. The van der Waals surface area contributed by atoms with Crippen molar-refractivity contribution < 1.29 is 4.79 Å². The van der Waals surface area contributed by atoms with E-state index in [4.69, 9.17) is 11.5 Å². The molecular weight excluding hydrogens is 190 g/mol. The van der Waals surface area contributed by atoms with Crippen LogP contribution in [0.5, 0.6) is 0 Å². The van der Waals surface area contributed by atoms with Crippen LogP contribution < -0.4 is 11.5 Å². The number of benzene rings is 1. The summed E-state index contributed by atoms with van der Waals surface area (Å²) in [5.41, 5.74) is 12.6. The van der Waals surface area contributed by atoms with Gasteiger partial charge in [0.1, 0.15) is 0 Å². The minimum Gasteiger partial charge on any atom is -0.399 e. The number of urea groups is 1. The molecule has 4 N–H and O–H groups in total. The monoisotopic (exact) mass is 207 g/mol. The van der Waals surface area contributed by atoms with Crippen molar-refractivity contribution in [3.63, 3.8) is 0 Å². The highest BCUT2D eigenvalue weighted by Gasteiger charge is 2.08. The zero-order chi connectivity index (χ0) is 11.3. The third kappa shape index (κ3) is 3.50. The van der Waals surface area contributed by atoms with Gasteiger partial charge in [0.15, 0.2) is 0 Å². The van der Waals surface area contributed by atoms with E-state index in [0.29, 0.717) is 13.1 Å². The molecule has 0 fully saturated rings. The zero-order valence-electron chi connectivity index (χ0n) is 8.94. The molecule has 0 saturated heterocycles. The first kappa shape index (κ1) is 11.4. The Balaban J connectivity index is 2.65. The predicted octanol–water partition coefficient (Wildman–Crippen LogP) is 1.56. The van der Waals surface area contributed by atoms with Crippen LogP contribution in [0.15, 0.2) is 24.3 Å². The summed E-state index contributed by atoms with van der Waals surface area (Å²) in [6.07, 6.45) is 0.901. The quantitative estimate of drug-likeness (QED) is 0.735. The Morgan fingerprint density at radius 3 is 2.40 bits per heavy atom. The van der Waals surface area contributed by atoms with Gasteiger partial charge in [0.25, 0.3) is 0 Å². The Bertz CT molecular complexity index is 321. The van der Waals surface area contributed by atoms with Crippen LogP contribution in [0.4, 0.5) is 10.5 Å². The van der Waals surface area contributed by atoms with Crippen LogP contribution in [-0.2, 0) is 6.54 Å². The number of nitrogens with zero attached hydrogens (tertiary/aromatic N) is 1. The van der Waals surface area contributed by atoms with Crippen molar-refractivity contribution in [3.05, 3.63) is 29.8 Å². The Kier molecular flexibility index (Phi) is 3.97. The lowest BCUT2D eigenvalue weighted by Gasteiger charge is -2.19. The summed E-state index contributed by atoms with van der Waals surface area (Å²) in [4.78, 5) is 12.7. The fourth-order valence-corrected chi connectivity index (χ4v) is 1.38. The standard InChI is InChI=1S/C11H17N3O/c1-2-7-14(11(13)15)8-9-3-5-10(12)6-4-9/h3-6H,2,7-8,12H2,1H3,(H2,13,15). The number of anilines is 1. The Hall–Kier alpha value is -1.71. The molecular formula is C11H17N3O. The maximum Gasteiger partial charge on any atom is 0.315 e. The summed E-state index contributed by atoms with van der Waals surface area (Å²) in [6.45, 7) is 3.24. The molecule has 2 amide bonds. The second-order valence-electron chi connectivity index (χ2n) is 3.50. The van der Waals surface area contributed by atoms with Gasteiger partial charge in [-0.05, 0) is 24.1 Å². The number of carbonyl (C=O) groups excluding carboxylic acids is 1. The van der Waals surface area contributed by atoms with Crippen LogP contribution in [0.3, 0.4) is 0 Å². The molecule has 0 aliphatic rings. The lowest BCUT2D eigenvalue weighted by atomic mass is 10.2. The highest BCUT2D eigenvalue weighted by Crippen LogP contribution is 2.08. The van der Waals surface area contributed by atoms with Crippen molar-refractivity contribution in [1.82, 2.24) is 4.90 Å². The van der Waals surface area contributed by atoms with E-state index in [1.165, 1.54) is 0 Å². The Labute approximate surface area is 89.9 Å². The first-order chi connectivity index (χ1) is 7.13. The SMILES string of the molecule is CCCN(Cc1ccc(N)cc1)C(N)=O. The second kappa shape index (κ2) is 5.24. The molecule has 0 heterocycles. The minimum atomic E-state index is -0.381. The highest BCUT2D eigenvalue weighted by atomic mass is 16.2. The van der Waals surface area contributed by atoms with E-state index in [9.17, 15) is 4.79 Å². The lowest BCUT2D eigenvalue weighted by Crippen LogP contribution is -2.35. The molecule has 1 aromatic carbocycles. The van der Waals surface area contributed by atoms with Crippen LogP contribution in [0.1, 0.15) is 18.9 Å². The van der Waals surface area contributed by atoms with Gasteiger partial charge < -0.3 is 16.4 Å². The number of carbonyl (C=O) groups is 1. The van der Waals surface area contributed by atoms with Crippen LogP contribution in [0, 0.1) is 0 Å². The number of nitrogens with two attached hydrogens (primary N) is 2. The van der Waals surface area contributed by atoms with E-state index < -0.39 is 0 Å². The van der Waals surface area contributed by atoms with Crippen LogP contribution in [0.25, 0.3) is 0 Å². The first-order valence-corrected chi connectivity index (χ1v) is 5.02. The number of primary amides is 1. The first-order valence-electron chi connectivity index (χ1n) is 5.02. The van der Waals surface area contributed by atoms with E-state index in [1.54, 1.807) is 4.90 Å². The van der Waals surface area contributed by atoms with Crippen molar-refractivity contribution in [2.75, 3.05) is 12.3 Å². The smallest absolute Gasteiger partial charge is 0.315 e. The summed E-state index contributed by atoms with van der Waals surface area (Å²) < 4.78 is 0. The lowest BCUT2D eigenvalue weighted by molar-refractivity contribution is 0.205. The average Bonchev–Trinajstić information content (AvgIpc) is 2.20. The van der Waals surface area contributed by atoms with E-state index in [-0.39, 0.29) is 6.03 Å². The van der Waals surface area contributed by atoms with Gasteiger partial charge >= 0.3 is 6.03 Å².